The van der Waals surface area contributed by atoms with Gasteiger partial charge < -0.3 is 14.8 Å². The van der Waals surface area contributed by atoms with Gasteiger partial charge in [-0.2, -0.15) is 0 Å². The highest BCUT2D eigenvalue weighted by molar-refractivity contribution is 5.40. The zero-order valence-corrected chi connectivity index (χ0v) is 14.4. The van der Waals surface area contributed by atoms with E-state index in [-0.39, 0.29) is 0 Å². The monoisotopic (exact) mass is 313 g/mol. The maximum absolute atomic E-state index is 5.74. The van der Waals surface area contributed by atoms with Crippen LogP contribution in [0, 0.1) is 6.92 Å². The summed E-state index contributed by atoms with van der Waals surface area (Å²) in [6.07, 6.45) is 1.04. The summed E-state index contributed by atoms with van der Waals surface area (Å²) >= 11 is 0. The van der Waals surface area contributed by atoms with Crippen molar-refractivity contribution < 1.29 is 9.47 Å². The molecule has 0 aliphatic carbocycles. The minimum Gasteiger partial charge on any atom is -0.494 e. The molecule has 23 heavy (non-hydrogen) atoms. The first-order valence-electron chi connectivity index (χ1n) is 8.38. The van der Waals surface area contributed by atoms with Gasteiger partial charge in [-0.25, -0.2) is 0 Å². The molecule has 0 amide bonds. The van der Waals surface area contributed by atoms with Gasteiger partial charge in [0, 0.05) is 18.2 Å². The zero-order chi connectivity index (χ0) is 16.5. The summed E-state index contributed by atoms with van der Waals surface area (Å²) < 4.78 is 11.3. The Labute approximate surface area is 139 Å². The van der Waals surface area contributed by atoms with Crippen LogP contribution in [0.4, 0.5) is 0 Å². The zero-order valence-electron chi connectivity index (χ0n) is 14.4. The fourth-order valence-corrected chi connectivity index (χ4v) is 2.56. The van der Waals surface area contributed by atoms with E-state index in [9.17, 15) is 0 Å². The number of nitrogens with one attached hydrogen (secondary N) is 1. The predicted molar refractivity (Wildman–Crippen MR) is 95.4 cm³/mol. The van der Waals surface area contributed by atoms with Gasteiger partial charge in [0.05, 0.1) is 13.2 Å². The molecule has 0 aromatic heterocycles. The normalized spacial score (nSPS) is 10.6. The van der Waals surface area contributed by atoms with Crippen LogP contribution in [0.3, 0.4) is 0 Å². The lowest BCUT2D eigenvalue weighted by Crippen LogP contribution is -2.17. The van der Waals surface area contributed by atoms with Crippen LogP contribution in [0.15, 0.2) is 42.5 Å². The first kappa shape index (κ1) is 17.4. The Balaban J connectivity index is 1.90. The summed E-state index contributed by atoms with van der Waals surface area (Å²) in [5.41, 5.74) is 3.92. The molecule has 0 bridgehead atoms. The summed E-state index contributed by atoms with van der Waals surface area (Å²) in [5, 5.41) is 3.51. The van der Waals surface area contributed by atoms with Crippen LogP contribution in [-0.2, 0) is 13.0 Å². The van der Waals surface area contributed by atoms with Gasteiger partial charge in [-0.1, -0.05) is 30.3 Å². The van der Waals surface area contributed by atoms with Gasteiger partial charge in [0.1, 0.15) is 11.5 Å². The van der Waals surface area contributed by atoms with Crippen molar-refractivity contribution in [2.24, 2.45) is 0 Å². The molecule has 1 N–H and O–H groups in total. The van der Waals surface area contributed by atoms with Gasteiger partial charge in [0.2, 0.25) is 0 Å². The van der Waals surface area contributed by atoms with Crippen molar-refractivity contribution >= 4 is 0 Å². The maximum atomic E-state index is 5.74. The Morgan fingerprint density at radius 3 is 2.43 bits per heavy atom. The molecule has 0 heterocycles. The fraction of sp³-hybridized carbons (Fsp3) is 0.400. The van der Waals surface area contributed by atoms with Crippen LogP contribution in [0.1, 0.15) is 30.5 Å². The van der Waals surface area contributed by atoms with Gasteiger partial charge in [-0.15, -0.1) is 0 Å². The standard InChI is InChI=1S/C20H27NO2/c1-4-22-19-11-10-18(20(14-19)23-5-2)15-21-13-12-17-9-7-6-8-16(17)3/h6-11,14,21H,4-5,12-13,15H2,1-3H3. The van der Waals surface area contributed by atoms with Crippen molar-refractivity contribution in [2.75, 3.05) is 19.8 Å². The second kappa shape index (κ2) is 9.21. The van der Waals surface area contributed by atoms with Crippen molar-refractivity contribution in [2.45, 2.75) is 33.7 Å². The Hall–Kier alpha value is -2.00. The summed E-state index contributed by atoms with van der Waals surface area (Å²) in [6, 6.07) is 14.6. The molecule has 0 atom stereocenters. The van der Waals surface area contributed by atoms with E-state index in [2.05, 4.69) is 42.6 Å². The van der Waals surface area contributed by atoms with Gasteiger partial charge in [-0.05, 0) is 50.9 Å². The SMILES string of the molecule is CCOc1ccc(CNCCc2ccccc2C)c(OCC)c1. The molecule has 0 radical (unpaired) electrons. The molecular formula is C20H27NO2. The molecule has 2 aromatic carbocycles. The van der Waals surface area contributed by atoms with E-state index in [0.29, 0.717) is 13.2 Å². The first-order valence-corrected chi connectivity index (χ1v) is 8.38. The van der Waals surface area contributed by atoms with E-state index in [0.717, 1.165) is 31.0 Å². The second-order valence-corrected chi connectivity index (χ2v) is 5.49. The average Bonchev–Trinajstić information content (AvgIpc) is 2.55. The van der Waals surface area contributed by atoms with Gasteiger partial charge in [-0.3, -0.25) is 0 Å². The Morgan fingerprint density at radius 2 is 1.70 bits per heavy atom. The molecular weight excluding hydrogens is 286 g/mol. The highest BCUT2D eigenvalue weighted by Gasteiger charge is 2.06. The second-order valence-electron chi connectivity index (χ2n) is 5.49. The van der Waals surface area contributed by atoms with Crippen LogP contribution in [0.25, 0.3) is 0 Å². The quantitative estimate of drug-likeness (QED) is 0.706. The van der Waals surface area contributed by atoms with E-state index in [1.54, 1.807) is 0 Å². The van der Waals surface area contributed by atoms with E-state index < -0.39 is 0 Å². The third kappa shape index (κ3) is 5.29. The minimum atomic E-state index is 0.659. The molecule has 0 fully saturated rings. The summed E-state index contributed by atoms with van der Waals surface area (Å²) in [5.74, 6) is 1.77. The van der Waals surface area contributed by atoms with Crippen molar-refractivity contribution in [3.05, 3.63) is 59.2 Å². The van der Waals surface area contributed by atoms with Crippen molar-refractivity contribution in [3.8, 4) is 11.5 Å². The van der Waals surface area contributed by atoms with Gasteiger partial charge in [0.15, 0.2) is 0 Å². The molecule has 0 saturated heterocycles. The minimum absolute atomic E-state index is 0.659. The van der Waals surface area contributed by atoms with Crippen LogP contribution >= 0.6 is 0 Å². The molecule has 0 aliphatic rings. The largest absolute Gasteiger partial charge is 0.494 e. The molecule has 0 unspecified atom stereocenters. The Kier molecular flexibility index (Phi) is 6.95. The summed E-state index contributed by atoms with van der Waals surface area (Å²) in [6.45, 7) is 9.22. The summed E-state index contributed by atoms with van der Waals surface area (Å²) in [7, 11) is 0. The fourth-order valence-electron chi connectivity index (χ4n) is 2.56. The van der Waals surface area contributed by atoms with Crippen molar-refractivity contribution in [1.82, 2.24) is 5.32 Å². The highest BCUT2D eigenvalue weighted by Crippen LogP contribution is 2.25. The third-order valence-electron chi connectivity index (χ3n) is 3.80. The lowest BCUT2D eigenvalue weighted by molar-refractivity contribution is 0.320. The van der Waals surface area contributed by atoms with E-state index in [4.69, 9.17) is 9.47 Å². The number of rotatable bonds is 9. The molecule has 0 aliphatic heterocycles. The van der Waals surface area contributed by atoms with Crippen LogP contribution in [-0.4, -0.2) is 19.8 Å². The molecule has 0 saturated carbocycles. The molecule has 3 heteroatoms. The third-order valence-corrected chi connectivity index (χ3v) is 3.80. The highest BCUT2D eigenvalue weighted by atomic mass is 16.5. The molecule has 124 valence electrons. The van der Waals surface area contributed by atoms with E-state index in [1.807, 2.05) is 26.0 Å². The smallest absolute Gasteiger partial charge is 0.127 e. The molecule has 2 aromatic rings. The Bertz CT molecular complexity index is 610. The van der Waals surface area contributed by atoms with Crippen molar-refractivity contribution in [3.63, 3.8) is 0 Å². The number of aryl methyl sites for hydroxylation is 1. The number of ether oxygens (including phenoxy) is 2. The topological polar surface area (TPSA) is 30.5 Å². The molecule has 3 nitrogen and oxygen atoms in total. The molecule has 2 rings (SSSR count). The number of benzene rings is 2. The summed E-state index contributed by atoms with van der Waals surface area (Å²) in [4.78, 5) is 0. The molecule has 0 spiro atoms. The van der Waals surface area contributed by atoms with Gasteiger partial charge >= 0.3 is 0 Å². The lowest BCUT2D eigenvalue weighted by Gasteiger charge is -2.13. The van der Waals surface area contributed by atoms with Crippen LogP contribution in [0.5, 0.6) is 11.5 Å². The maximum Gasteiger partial charge on any atom is 0.127 e. The van der Waals surface area contributed by atoms with Crippen LogP contribution in [0.2, 0.25) is 0 Å². The van der Waals surface area contributed by atoms with E-state index >= 15 is 0 Å². The average molecular weight is 313 g/mol. The Morgan fingerprint density at radius 1 is 0.913 bits per heavy atom. The number of hydrogen-bond acceptors (Lipinski definition) is 3. The van der Waals surface area contributed by atoms with Gasteiger partial charge in [0.25, 0.3) is 0 Å². The van der Waals surface area contributed by atoms with Crippen LogP contribution < -0.4 is 14.8 Å². The number of hydrogen-bond donors (Lipinski definition) is 1. The first-order chi connectivity index (χ1) is 11.2. The van der Waals surface area contributed by atoms with Crippen molar-refractivity contribution in [1.29, 1.82) is 0 Å². The van der Waals surface area contributed by atoms with E-state index in [1.165, 1.54) is 16.7 Å². The predicted octanol–water partition coefficient (Wildman–Crippen LogP) is 4.12. The lowest BCUT2D eigenvalue weighted by atomic mass is 10.1.